The molecule has 2 aromatic heterocycles. The largest absolute Gasteiger partial charge is 0.455 e. The van der Waals surface area contributed by atoms with Gasteiger partial charge in [0.1, 0.15) is 17.0 Å². The molecule has 3 aromatic carbocycles. The van der Waals surface area contributed by atoms with Crippen molar-refractivity contribution in [1.82, 2.24) is 4.98 Å². The number of hydrogen-bond acceptors (Lipinski definition) is 4. The molecule has 0 amide bonds. The fourth-order valence-electron chi connectivity index (χ4n) is 3.41. The zero-order valence-corrected chi connectivity index (χ0v) is 18.9. The highest BCUT2D eigenvalue weighted by molar-refractivity contribution is 6.35. The third-order valence-electron chi connectivity index (χ3n) is 5.26. The van der Waals surface area contributed by atoms with Gasteiger partial charge in [-0.15, -0.1) is 0 Å². The summed E-state index contributed by atoms with van der Waals surface area (Å²) in [5.74, 6) is 1.80. The molecule has 32 heavy (non-hydrogen) atoms. The number of benzene rings is 3. The van der Waals surface area contributed by atoms with Crippen LogP contribution in [0.15, 0.2) is 80.6 Å². The molecular weight excluding hydrogens is 443 g/mol. The number of oxazole rings is 1. The predicted octanol–water partition coefficient (Wildman–Crippen LogP) is 8.43. The standard InChI is InChI=1S/C26H18Cl2N2O2/c1-15-10-23-25(11-16(15)2)32-26(30-23)17-4-3-5-19(12-17)29-14-20-7-9-24(31-20)21-13-18(27)6-8-22(21)28/h3-14H,1-2H3. The average molecular weight is 461 g/mol. The Hall–Kier alpha value is -3.34. The first-order valence-electron chi connectivity index (χ1n) is 10.0. The summed E-state index contributed by atoms with van der Waals surface area (Å²) in [4.78, 5) is 9.18. The van der Waals surface area contributed by atoms with Crippen molar-refractivity contribution in [3.05, 3.63) is 93.7 Å². The lowest BCUT2D eigenvalue weighted by molar-refractivity contribution is 0.575. The number of fused-ring (bicyclic) bond motifs is 1. The van der Waals surface area contributed by atoms with Crippen LogP contribution in [0.1, 0.15) is 16.9 Å². The molecule has 4 nitrogen and oxygen atoms in total. The van der Waals surface area contributed by atoms with E-state index in [1.807, 2.05) is 48.5 Å². The van der Waals surface area contributed by atoms with Gasteiger partial charge >= 0.3 is 0 Å². The number of aryl methyl sites for hydroxylation is 2. The highest BCUT2D eigenvalue weighted by atomic mass is 35.5. The van der Waals surface area contributed by atoms with E-state index >= 15 is 0 Å². The predicted molar refractivity (Wildman–Crippen MR) is 130 cm³/mol. The molecule has 0 aliphatic heterocycles. The molecule has 2 heterocycles. The Morgan fingerprint density at radius 1 is 0.875 bits per heavy atom. The van der Waals surface area contributed by atoms with Gasteiger partial charge in [-0.2, -0.15) is 0 Å². The number of rotatable bonds is 4. The quantitative estimate of drug-likeness (QED) is 0.252. The maximum atomic E-state index is 6.27. The molecule has 0 aliphatic rings. The van der Waals surface area contributed by atoms with Crippen LogP contribution in [0.2, 0.25) is 10.0 Å². The fourth-order valence-corrected chi connectivity index (χ4v) is 3.80. The highest BCUT2D eigenvalue weighted by Crippen LogP contribution is 2.32. The summed E-state index contributed by atoms with van der Waals surface area (Å²) in [6, 6.07) is 20.7. The van der Waals surface area contributed by atoms with Gasteiger partial charge in [-0.25, -0.2) is 4.98 Å². The van der Waals surface area contributed by atoms with E-state index in [1.165, 1.54) is 11.1 Å². The van der Waals surface area contributed by atoms with Crippen LogP contribution in [0.4, 0.5) is 5.69 Å². The van der Waals surface area contributed by atoms with Crippen LogP contribution in [0.3, 0.4) is 0 Å². The molecule has 0 saturated heterocycles. The minimum atomic E-state index is 0.568. The summed E-state index contributed by atoms with van der Waals surface area (Å²) >= 11 is 12.3. The zero-order valence-electron chi connectivity index (χ0n) is 17.4. The second-order valence-corrected chi connectivity index (χ2v) is 8.40. The van der Waals surface area contributed by atoms with E-state index in [-0.39, 0.29) is 0 Å². The Balaban J connectivity index is 1.41. The molecule has 0 N–H and O–H groups in total. The number of halogens is 2. The third kappa shape index (κ3) is 4.07. The number of furan rings is 1. The van der Waals surface area contributed by atoms with Gasteiger partial charge in [-0.1, -0.05) is 29.3 Å². The van der Waals surface area contributed by atoms with Crippen LogP contribution in [-0.4, -0.2) is 11.2 Å². The van der Waals surface area contributed by atoms with Crippen LogP contribution in [0, 0.1) is 13.8 Å². The van der Waals surface area contributed by atoms with Crippen molar-refractivity contribution in [2.45, 2.75) is 13.8 Å². The lowest BCUT2D eigenvalue weighted by atomic mass is 10.1. The Labute approximate surface area is 195 Å². The molecule has 5 rings (SSSR count). The molecule has 0 unspecified atom stereocenters. The Morgan fingerprint density at radius 2 is 1.72 bits per heavy atom. The van der Waals surface area contributed by atoms with Crippen molar-refractivity contribution in [2.24, 2.45) is 4.99 Å². The zero-order chi connectivity index (χ0) is 22.2. The monoisotopic (exact) mass is 460 g/mol. The number of nitrogens with zero attached hydrogens (tertiary/aromatic N) is 2. The number of aromatic nitrogens is 1. The van der Waals surface area contributed by atoms with Crippen molar-refractivity contribution in [3.63, 3.8) is 0 Å². The molecule has 0 aliphatic carbocycles. The van der Waals surface area contributed by atoms with E-state index in [9.17, 15) is 0 Å². The molecule has 0 atom stereocenters. The van der Waals surface area contributed by atoms with Gasteiger partial charge in [0.05, 0.1) is 16.9 Å². The molecule has 0 saturated carbocycles. The smallest absolute Gasteiger partial charge is 0.227 e. The van der Waals surface area contributed by atoms with E-state index in [2.05, 4.69) is 23.8 Å². The van der Waals surface area contributed by atoms with Crippen molar-refractivity contribution < 1.29 is 8.83 Å². The van der Waals surface area contributed by atoms with Gasteiger partial charge in [-0.3, -0.25) is 4.99 Å². The minimum Gasteiger partial charge on any atom is -0.455 e. The lowest BCUT2D eigenvalue weighted by Gasteiger charge is -2.01. The van der Waals surface area contributed by atoms with Crippen LogP contribution in [0.25, 0.3) is 33.9 Å². The first-order chi connectivity index (χ1) is 15.5. The summed E-state index contributed by atoms with van der Waals surface area (Å²) < 4.78 is 11.9. The van der Waals surface area contributed by atoms with Crippen molar-refractivity contribution in [2.75, 3.05) is 0 Å². The SMILES string of the molecule is Cc1cc2nc(-c3cccc(N=Cc4ccc(-c5cc(Cl)ccc5Cl)o4)c3)oc2cc1C. The first kappa shape index (κ1) is 20.6. The Morgan fingerprint density at radius 3 is 2.59 bits per heavy atom. The van der Waals surface area contributed by atoms with Gasteiger partial charge < -0.3 is 8.83 Å². The molecule has 0 spiro atoms. The van der Waals surface area contributed by atoms with E-state index in [0.29, 0.717) is 27.5 Å². The summed E-state index contributed by atoms with van der Waals surface area (Å²) in [7, 11) is 0. The van der Waals surface area contributed by atoms with E-state index < -0.39 is 0 Å². The van der Waals surface area contributed by atoms with Crippen LogP contribution in [-0.2, 0) is 0 Å². The van der Waals surface area contributed by atoms with Gasteiger partial charge in [0.2, 0.25) is 5.89 Å². The van der Waals surface area contributed by atoms with Gasteiger partial charge in [0, 0.05) is 16.1 Å². The van der Waals surface area contributed by atoms with Gasteiger partial charge in [0.25, 0.3) is 0 Å². The Kier molecular flexibility index (Phi) is 5.33. The van der Waals surface area contributed by atoms with E-state index in [0.717, 1.165) is 27.9 Å². The van der Waals surface area contributed by atoms with Gasteiger partial charge in [-0.05, 0) is 85.6 Å². The topological polar surface area (TPSA) is 51.5 Å². The lowest BCUT2D eigenvalue weighted by Crippen LogP contribution is -1.80. The number of hydrogen-bond donors (Lipinski definition) is 0. The molecule has 0 bridgehead atoms. The normalized spacial score (nSPS) is 11.6. The summed E-state index contributed by atoms with van der Waals surface area (Å²) in [5, 5.41) is 1.17. The van der Waals surface area contributed by atoms with E-state index in [4.69, 9.17) is 32.0 Å². The van der Waals surface area contributed by atoms with Crippen LogP contribution in [0.5, 0.6) is 0 Å². The van der Waals surface area contributed by atoms with Crippen molar-refractivity contribution >= 4 is 46.2 Å². The maximum Gasteiger partial charge on any atom is 0.227 e. The van der Waals surface area contributed by atoms with Crippen molar-refractivity contribution in [1.29, 1.82) is 0 Å². The second kappa shape index (κ2) is 8.30. The van der Waals surface area contributed by atoms with E-state index in [1.54, 1.807) is 24.4 Å². The molecule has 5 aromatic rings. The Bertz CT molecular complexity index is 1440. The highest BCUT2D eigenvalue weighted by Gasteiger charge is 2.11. The fraction of sp³-hybridized carbons (Fsp3) is 0.0769. The molecule has 158 valence electrons. The number of aliphatic imine (C=N–C) groups is 1. The van der Waals surface area contributed by atoms with Crippen LogP contribution >= 0.6 is 23.2 Å². The average Bonchev–Trinajstić information content (AvgIpc) is 3.42. The van der Waals surface area contributed by atoms with Crippen LogP contribution < -0.4 is 0 Å². The maximum absolute atomic E-state index is 6.27. The van der Waals surface area contributed by atoms with Crippen molar-refractivity contribution in [3.8, 4) is 22.8 Å². The second-order valence-electron chi connectivity index (χ2n) is 7.56. The molecular formula is C26H18Cl2N2O2. The van der Waals surface area contributed by atoms with Gasteiger partial charge in [0.15, 0.2) is 5.58 Å². The minimum absolute atomic E-state index is 0.568. The molecule has 6 heteroatoms. The first-order valence-corrected chi connectivity index (χ1v) is 10.8. The summed E-state index contributed by atoms with van der Waals surface area (Å²) in [5.41, 5.74) is 6.35. The summed E-state index contributed by atoms with van der Waals surface area (Å²) in [6.45, 7) is 4.13. The summed E-state index contributed by atoms with van der Waals surface area (Å²) in [6.07, 6.45) is 1.67. The molecule has 0 fully saturated rings. The third-order valence-corrected chi connectivity index (χ3v) is 5.82. The molecule has 0 radical (unpaired) electrons.